The number of thioether (sulfide) groups is 1. The van der Waals surface area contributed by atoms with E-state index in [0.29, 0.717) is 11.1 Å². The van der Waals surface area contributed by atoms with Gasteiger partial charge in [-0.05, 0) is 38.5 Å². The molecule has 2 aromatic heterocycles. The second-order valence-corrected chi connectivity index (χ2v) is 8.46. The molecule has 4 aromatic rings. The van der Waals surface area contributed by atoms with Gasteiger partial charge in [0.25, 0.3) is 5.95 Å². The van der Waals surface area contributed by atoms with Crippen LogP contribution in [0.4, 0.5) is 5.69 Å². The molecule has 0 aliphatic carbocycles. The van der Waals surface area contributed by atoms with Crippen molar-refractivity contribution in [3.8, 4) is 17.1 Å². The van der Waals surface area contributed by atoms with Crippen molar-refractivity contribution in [3.05, 3.63) is 72.1 Å². The number of benzene rings is 2. The Morgan fingerprint density at radius 2 is 1.77 bits per heavy atom. The predicted molar refractivity (Wildman–Crippen MR) is 123 cm³/mol. The summed E-state index contributed by atoms with van der Waals surface area (Å²) in [5.74, 6) is 6.44. The van der Waals surface area contributed by atoms with Crippen LogP contribution in [0, 0.1) is 13.8 Å². The van der Waals surface area contributed by atoms with Crippen molar-refractivity contribution in [2.75, 3.05) is 11.2 Å². The summed E-state index contributed by atoms with van der Waals surface area (Å²) in [5, 5.41) is 15.7. The second kappa shape index (κ2) is 8.65. The van der Waals surface area contributed by atoms with Gasteiger partial charge in [0.2, 0.25) is 11.1 Å². The summed E-state index contributed by atoms with van der Waals surface area (Å²) in [6.45, 7) is 5.63. The van der Waals surface area contributed by atoms with Crippen LogP contribution in [-0.4, -0.2) is 35.8 Å². The van der Waals surface area contributed by atoms with Crippen LogP contribution in [0.15, 0.2) is 65.8 Å². The van der Waals surface area contributed by atoms with E-state index in [9.17, 15) is 4.79 Å². The molecule has 2 heterocycles. The van der Waals surface area contributed by atoms with E-state index in [0.717, 1.165) is 28.2 Å². The molecule has 0 saturated carbocycles. The third kappa shape index (κ3) is 4.31. The molecule has 1 unspecified atom stereocenters. The molecule has 0 fully saturated rings. The average molecular weight is 434 g/mol. The molecule has 31 heavy (non-hydrogen) atoms. The Kier molecular flexibility index (Phi) is 5.77. The van der Waals surface area contributed by atoms with Crippen molar-refractivity contribution in [2.24, 2.45) is 0 Å². The van der Waals surface area contributed by atoms with Crippen LogP contribution < -0.4 is 11.2 Å². The second-order valence-electron chi connectivity index (χ2n) is 7.15. The molecule has 0 aliphatic heterocycles. The molecule has 0 saturated heterocycles. The Hall–Kier alpha value is -3.59. The lowest BCUT2D eigenvalue weighted by molar-refractivity contribution is -0.115. The van der Waals surface area contributed by atoms with Crippen LogP contribution in [0.1, 0.15) is 18.3 Å². The monoisotopic (exact) mass is 433 g/mol. The van der Waals surface area contributed by atoms with Crippen LogP contribution in [0.5, 0.6) is 0 Å². The number of aryl methyl sites for hydroxylation is 2. The van der Waals surface area contributed by atoms with Gasteiger partial charge in [-0.1, -0.05) is 60.3 Å². The zero-order chi connectivity index (χ0) is 22.0. The van der Waals surface area contributed by atoms with Crippen LogP contribution in [0.3, 0.4) is 0 Å². The topological polar surface area (TPSA) is 104 Å². The fourth-order valence-corrected chi connectivity index (χ4v) is 4.00. The number of nitrogens with zero attached hydrogens (tertiary/aromatic N) is 5. The summed E-state index contributed by atoms with van der Waals surface area (Å²) in [4.78, 5) is 12.9. The summed E-state index contributed by atoms with van der Waals surface area (Å²) in [6.07, 6.45) is 0. The summed E-state index contributed by atoms with van der Waals surface area (Å²) in [5.41, 5.74) is 4.51. The normalized spacial score (nSPS) is 12.0. The highest BCUT2D eigenvalue weighted by Gasteiger charge is 2.21. The van der Waals surface area contributed by atoms with Crippen molar-refractivity contribution in [1.29, 1.82) is 0 Å². The van der Waals surface area contributed by atoms with E-state index in [-0.39, 0.29) is 5.91 Å². The smallest absolute Gasteiger partial charge is 0.271 e. The zero-order valence-electron chi connectivity index (χ0n) is 17.5. The Morgan fingerprint density at radius 1 is 1.06 bits per heavy atom. The maximum Gasteiger partial charge on any atom is 0.271 e. The molecule has 0 bridgehead atoms. The van der Waals surface area contributed by atoms with Gasteiger partial charge >= 0.3 is 0 Å². The number of amides is 1. The van der Waals surface area contributed by atoms with E-state index in [1.54, 1.807) is 4.68 Å². The lowest BCUT2D eigenvalue weighted by atomic mass is 10.0. The minimum Gasteiger partial charge on any atom is -0.334 e. The number of para-hydroxylation sites is 1. The van der Waals surface area contributed by atoms with E-state index in [4.69, 9.17) is 5.84 Å². The van der Waals surface area contributed by atoms with Gasteiger partial charge in [0, 0.05) is 16.9 Å². The van der Waals surface area contributed by atoms with E-state index in [2.05, 4.69) is 20.6 Å². The van der Waals surface area contributed by atoms with E-state index in [1.807, 2.05) is 81.4 Å². The number of anilines is 1. The highest BCUT2D eigenvalue weighted by Crippen LogP contribution is 2.29. The maximum atomic E-state index is 12.9. The highest BCUT2D eigenvalue weighted by atomic mass is 32.2. The summed E-state index contributed by atoms with van der Waals surface area (Å²) in [6, 6.07) is 19.6. The molecule has 9 heteroatoms. The fraction of sp³-hybridized carbons (Fsp3) is 0.182. The molecule has 158 valence electrons. The lowest BCUT2D eigenvalue weighted by Crippen LogP contribution is -2.24. The largest absolute Gasteiger partial charge is 0.334 e. The number of nitrogens with two attached hydrogens (primary N) is 1. The first-order valence-corrected chi connectivity index (χ1v) is 10.7. The number of aromatic nitrogens is 5. The zero-order valence-corrected chi connectivity index (χ0v) is 18.3. The van der Waals surface area contributed by atoms with E-state index < -0.39 is 5.25 Å². The van der Waals surface area contributed by atoms with Gasteiger partial charge in [0.15, 0.2) is 0 Å². The Balaban J connectivity index is 1.50. The van der Waals surface area contributed by atoms with Gasteiger partial charge in [0.1, 0.15) is 0 Å². The van der Waals surface area contributed by atoms with Crippen LogP contribution in [0.25, 0.3) is 17.1 Å². The number of carbonyl (C=O) groups is 1. The molecule has 0 spiro atoms. The summed E-state index contributed by atoms with van der Waals surface area (Å²) >= 11 is 1.24. The Bertz CT molecular complexity index is 1220. The van der Waals surface area contributed by atoms with Gasteiger partial charge < -0.3 is 11.2 Å². The number of nitrogens with one attached hydrogen (secondary N) is 1. The molecule has 1 amide bonds. The first-order chi connectivity index (χ1) is 14.9. The maximum absolute atomic E-state index is 12.9. The number of hydrogen-bond acceptors (Lipinski definition) is 6. The van der Waals surface area contributed by atoms with E-state index >= 15 is 0 Å². The van der Waals surface area contributed by atoms with Crippen molar-refractivity contribution in [1.82, 2.24) is 24.7 Å². The molecule has 8 nitrogen and oxygen atoms in total. The van der Waals surface area contributed by atoms with Gasteiger partial charge in [0.05, 0.1) is 10.9 Å². The molecule has 2 aromatic carbocycles. The minimum atomic E-state index is -0.441. The van der Waals surface area contributed by atoms with Gasteiger partial charge in [-0.2, -0.15) is 5.10 Å². The summed E-state index contributed by atoms with van der Waals surface area (Å²) in [7, 11) is 0. The standard InChI is InChI=1S/C22H23N7OS/c1-14-13-15(2)29(27-14)21-25-26-22(28(21)23)31-16(3)20(30)24-19-12-8-7-11-18(19)17-9-5-4-6-10-17/h4-13,16H,23H2,1-3H3,(H,24,30). The Morgan fingerprint density at radius 3 is 2.48 bits per heavy atom. The molecule has 0 radical (unpaired) electrons. The van der Waals surface area contributed by atoms with Crippen LogP contribution in [0.2, 0.25) is 0 Å². The van der Waals surface area contributed by atoms with Gasteiger partial charge in [-0.15, -0.1) is 10.2 Å². The van der Waals surface area contributed by atoms with Crippen molar-refractivity contribution < 1.29 is 4.79 Å². The first kappa shape index (κ1) is 20.7. The van der Waals surface area contributed by atoms with Crippen molar-refractivity contribution in [2.45, 2.75) is 31.2 Å². The Labute approximate surface area is 184 Å². The van der Waals surface area contributed by atoms with Gasteiger partial charge in [-0.25, -0.2) is 9.36 Å². The summed E-state index contributed by atoms with van der Waals surface area (Å²) < 4.78 is 2.99. The third-order valence-electron chi connectivity index (χ3n) is 4.77. The lowest BCUT2D eigenvalue weighted by Gasteiger charge is -2.14. The third-order valence-corrected chi connectivity index (χ3v) is 5.82. The number of nitrogen functional groups attached to an aromatic ring is 1. The SMILES string of the molecule is Cc1cc(C)n(-c2nnc(SC(C)C(=O)Nc3ccccc3-c3ccccc3)n2N)n1. The van der Waals surface area contributed by atoms with Crippen LogP contribution >= 0.6 is 11.8 Å². The molecular formula is C22H23N7OS. The van der Waals surface area contributed by atoms with Gasteiger partial charge in [-0.3, -0.25) is 4.79 Å². The number of carbonyl (C=O) groups excluding carboxylic acids is 1. The quantitative estimate of drug-likeness (QED) is 0.356. The van der Waals surface area contributed by atoms with Crippen LogP contribution in [-0.2, 0) is 4.79 Å². The molecule has 0 aliphatic rings. The number of rotatable bonds is 6. The average Bonchev–Trinajstić information content (AvgIpc) is 3.29. The molecule has 3 N–H and O–H groups in total. The predicted octanol–water partition coefficient (Wildman–Crippen LogP) is 3.58. The van der Waals surface area contributed by atoms with Crippen molar-refractivity contribution >= 4 is 23.4 Å². The highest BCUT2D eigenvalue weighted by molar-refractivity contribution is 8.00. The molecule has 1 atom stereocenters. The number of hydrogen-bond donors (Lipinski definition) is 2. The molecular weight excluding hydrogens is 410 g/mol. The molecule has 4 rings (SSSR count). The fourth-order valence-electron chi connectivity index (χ4n) is 3.23. The van der Waals surface area contributed by atoms with Crippen molar-refractivity contribution in [3.63, 3.8) is 0 Å². The first-order valence-electron chi connectivity index (χ1n) is 9.80. The minimum absolute atomic E-state index is 0.149. The van der Waals surface area contributed by atoms with E-state index in [1.165, 1.54) is 16.4 Å².